The first-order chi connectivity index (χ1) is 8.76. The van der Waals surface area contributed by atoms with Crippen molar-refractivity contribution < 1.29 is 9.53 Å². The molecule has 0 bridgehead atoms. The van der Waals surface area contributed by atoms with Gasteiger partial charge in [0.2, 0.25) is 0 Å². The summed E-state index contributed by atoms with van der Waals surface area (Å²) in [6.45, 7) is 0.799. The van der Waals surface area contributed by atoms with E-state index in [-0.39, 0.29) is 11.9 Å². The van der Waals surface area contributed by atoms with E-state index < -0.39 is 0 Å². The summed E-state index contributed by atoms with van der Waals surface area (Å²) >= 11 is 5.95. The van der Waals surface area contributed by atoms with Gasteiger partial charge in [-0.25, -0.2) is 0 Å². The zero-order chi connectivity index (χ0) is 13.0. The Morgan fingerprint density at radius 3 is 3.06 bits per heavy atom. The van der Waals surface area contributed by atoms with Crippen LogP contribution in [-0.2, 0) is 0 Å². The van der Waals surface area contributed by atoms with Crippen molar-refractivity contribution in [2.75, 3.05) is 19.5 Å². The highest BCUT2D eigenvalue weighted by atomic mass is 35.5. The van der Waals surface area contributed by atoms with Gasteiger partial charge < -0.3 is 9.64 Å². The molecular weight excluding hydrogens is 250 g/mol. The van der Waals surface area contributed by atoms with E-state index in [4.69, 9.17) is 16.3 Å². The summed E-state index contributed by atoms with van der Waals surface area (Å²) in [4.78, 5) is 14.3. The second kappa shape index (κ2) is 6.10. The molecule has 98 valence electrons. The largest absolute Gasteiger partial charge is 0.497 e. The fourth-order valence-electron chi connectivity index (χ4n) is 2.35. The summed E-state index contributed by atoms with van der Waals surface area (Å²) in [5, 5.41) is 0. The first-order valence-electron chi connectivity index (χ1n) is 6.27. The van der Waals surface area contributed by atoms with Crippen LogP contribution in [0, 0.1) is 0 Å². The molecule has 0 radical (unpaired) electrons. The van der Waals surface area contributed by atoms with E-state index in [0.717, 1.165) is 25.8 Å². The van der Waals surface area contributed by atoms with Crippen molar-refractivity contribution in [3.8, 4) is 5.75 Å². The summed E-state index contributed by atoms with van der Waals surface area (Å²) in [6, 6.07) is 7.45. The average molecular weight is 268 g/mol. The molecule has 1 unspecified atom stereocenters. The summed E-state index contributed by atoms with van der Waals surface area (Å²) in [5.41, 5.74) is 0.673. The number of amides is 1. The molecule has 4 heteroatoms. The Morgan fingerprint density at radius 1 is 1.50 bits per heavy atom. The number of piperidine rings is 1. The smallest absolute Gasteiger partial charge is 0.254 e. The number of likely N-dealkylation sites (tertiary alicyclic amines) is 1. The van der Waals surface area contributed by atoms with Crippen LogP contribution in [0.25, 0.3) is 0 Å². The highest BCUT2D eigenvalue weighted by Crippen LogP contribution is 2.22. The molecule has 0 aliphatic carbocycles. The van der Waals surface area contributed by atoms with Crippen LogP contribution in [0.5, 0.6) is 5.75 Å². The number of rotatable bonds is 3. The van der Waals surface area contributed by atoms with Gasteiger partial charge in [-0.1, -0.05) is 6.07 Å². The number of hydrogen-bond donors (Lipinski definition) is 0. The third kappa shape index (κ3) is 2.78. The molecule has 1 aromatic rings. The lowest BCUT2D eigenvalue weighted by molar-refractivity contribution is 0.0639. The number of carbonyl (C=O) groups excluding carboxylic acids is 1. The van der Waals surface area contributed by atoms with Gasteiger partial charge in [0, 0.05) is 24.0 Å². The van der Waals surface area contributed by atoms with Crippen molar-refractivity contribution in [1.82, 2.24) is 4.90 Å². The van der Waals surface area contributed by atoms with E-state index in [0.29, 0.717) is 17.2 Å². The predicted octanol–water partition coefficient (Wildman–Crippen LogP) is 2.93. The zero-order valence-electron chi connectivity index (χ0n) is 10.6. The lowest BCUT2D eigenvalue weighted by Gasteiger charge is -2.34. The minimum atomic E-state index is 0.0549. The van der Waals surface area contributed by atoms with E-state index in [9.17, 15) is 4.79 Å². The van der Waals surface area contributed by atoms with Crippen molar-refractivity contribution in [3.63, 3.8) is 0 Å². The topological polar surface area (TPSA) is 29.5 Å². The van der Waals surface area contributed by atoms with Crippen LogP contribution >= 0.6 is 11.6 Å². The number of hydrogen-bond acceptors (Lipinski definition) is 2. The first kappa shape index (κ1) is 13.2. The van der Waals surface area contributed by atoms with Gasteiger partial charge in [-0.2, -0.15) is 0 Å². The molecule has 0 spiro atoms. The van der Waals surface area contributed by atoms with Crippen LogP contribution in [0.4, 0.5) is 0 Å². The molecule has 0 aromatic heterocycles. The zero-order valence-corrected chi connectivity index (χ0v) is 11.3. The maximum atomic E-state index is 12.4. The van der Waals surface area contributed by atoms with Gasteiger partial charge >= 0.3 is 0 Å². The highest BCUT2D eigenvalue weighted by molar-refractivity contribution is 6.18. The predicted molar refractivity (Wildman–Crippen MR) is 72.4 cm³/mol. The van der Waals surface area contributed by atoms with Gasteiger partial charge in [0.15, 0.2) is 0 Å². The van der Waals surface area contributed by atoms with Crippen LogP contribution in [0.2, 0.25) is 0 Å². The first-order valence-corrected chi connectivity index (χ1v) is 6.80. The van der Waals surface area contributed by atoms with Crippen molar-refractivity contribution in [3.05, 3.63) is 29.8 Å². The van der Waals surface area contributed by atoms with Crippen LogP contribution < -0.4 is 4.74 Å². The summed E-state index contributed by atoms with van der Waals surface area (Å²) in [5.74, 6) is 1.27. The molecule has 1 amide bonds. The Labute approximate surface area is 113 Å². The van der Waals surface area contributed by atoms with Crippen LogP contribution in [0.15, 0.2) is 24.3 Å². The lowest BCUT2D eigenvalue weighted by Crippen LogP contribution is -2.44. The SMILES string of the molecule is COc1cccc(C(=O)N2CCCCC2CCl)c1. The monoisotopic (exact) mass is 267 g/mol. The average Bonchev–Trinajstić information content (AvgIpc) is 2.46. The number of ether oxygens (including phenoxy) is 1. The number of benzene rings is 1. The Hall–Kier alpha value is -1.22. The molecule has 1 heterocycles. The van der Waals surface area contributed by atoms with Gasteiger partial charge in [-0.15, -0.1) is 11.6 Å². The van der Waals surface area contributed by atoms with Gasteiger partial charge in [-0.3, -0.25) is 4.79 Å². The van der Waals surface area contributed by atoms with E-state index >= 15 is 0 Å². The fourth-order valence-corrected chi connectivity index (χ4v) is 2.67. The van der Waals surface area contributed by atoms with Gasteiger partial charge in [0.05, 0.1) is 7.11 Å². The summed E-state index contributed by atoms with van der Waals surface area (Å²) in [6.07, 6.45) is 3.21. The standard InChI is InChI=1S/C14H18ClNO2/c1-18-13-7-4-5-11(9-13)14(17)16-8-3-2-6-12(16)10-15/h4-5,7,9,12H,2-3,6,8,10H2,1H3. The van der Waals surface area contributed by atoms with Crippen molar-refractivity contribution >= 4 is 17.5 Å². The maximum absolute atomic E-state index is 12.4. The fraction of sp³-hybridized carbons (Fsp3) is 0.500. The second-order valence-corrected chi connectivity index (χ2v) is 4.84. The van der Waals surface area contributed by atoms with Gasteiger partial charge in [0.25, 0.3) is 5.91 Å². The number of alkyl halides is 1. The van der Waals surface area contributed by atoms with E-state index in [1.807, 2.05) is 23.1 Å². The quantitative estimate of drug-likeness (QED) is 0.788. The molecule has 1 aliphatic rings. The van der Waals surface area contributed by atoms with Crippen molar-refractivity contribution in [2.24, 2.45) is 0 Å². The van der Waals surface area contributed by atoms with Gasteiger partial charge in [0.1, 0.15) is 5.75 Å². The minimum Gasteiger partial charge on any atom is -0.497 e. The number of carbonyl (C=O) groups is 1. The Kier molecular flexibility index (Phi) is 4.48. The molecule has 1 atom stereocenters. The van der Waals surface area contributed by atoms with Crippen molar-refractivity contribution in [2.45, 2.75) is 25.3 Å². The van der Waals surface area contributed by atoms with Crippen LogP contribution in [-0.4, -0.2) is 36.4 Å². The third-order valence-electron chi connectivity index (χ3n) is 3.38. The number of halogens is 1. The summed E-state index contributed by atoms with van der Waals surface area (Å²) in [7, 11) is 1.60. The molecular formula is C14H18ClNO2. The molecule has 1 aromatic carbocycles. The third-order valence-corrected chi connectivity index (χ3v) is 3.74. The molecule has 1 fully saturated rings. The molecule has 0 N–H and O–H groups in total. The molecule has 3 nitrogen and oxygen atoms in total. The molecule has 2 rings (SSSR count). The maximum Gasteiger partial charge on any atom is 0.254 e. The van der Waals surface area contributed by atoms with Crippen LogP contribution in [0.3, 0.4) is 0 Å². The van der Waals surface area contributed by atoms with E-state index in [1.165, 1.54) is 0 Å². The normalized spacial score (nSPS) is 19.7. The summed E-state index contributed by atoms with van der Waals surface area (Å²) < 4.78 is 5.15. The van der Waals surface area contributed by atoms with E-state index in [1.54, 1.807) is 13.2 Å². The van der Waals surface area contributed by atoms with Crippen molar-refractivity contribution in [1.29, 1.82) is 0 Å². The van der Waals surface area contributed by atoms with Crippen LogP contribution in [0.1, 0.15) is 29.6 Å². The lowest BCUT2D eigenvalue weighted by atomic mass is 10.0. The Bertz CT molecular complexity index is 422. The molecule has 0 saturated carbocycles. The Morgan fingerprint density at radius 2 is 2.33 bits per heavy atom. The molecule has 18 heavy (non-hydrogen) atoms. The molecule has 1 aliphatic heterocycles. The number of nitrogens with zero attached hydrogens (tertiary/aromatic N) is 1. The Balaban J connectivity index is 2.18. The number of methoxy groups -OCH3 is 1. The van der Waals surface area contributed by atoms with Gasteiger partial charge in [-0.05, 0) is 37.5 Å². The second-order valence-electron chi connectivity index (χ2n) is 4.53. The molecule has 1 saturated heterocycles. The highest BCUT2D eigenvalue weighted by Gasteiger charge is 2.26. The minimum absolute atomic E-state index is 0.0549. The van der Waals surface area contributed by atoms with E-state index in [2.05, 4.69) is 0 Å².